The molecule has 1 heterocycles. The predicted molar refractivity (Wildman–Crippen MR) is 66.1 cm³/mol. The molecule has 1 aromatic heterocycles. The van der Waals surface area contributed by atoms with Gasteiger partial charge in [0.15, 0.2) is 0 Å². The molecule has 94 valence electrons. The van der Waals surface area contributed by atoms with Crippen molar-refractivity contribution in [3.05, 3.63) is 47.8 Å². The van der Waals surface area contributed by atoms with E-state index in [1.807, 2.05) is 37.3 Å². The third-order valence-corrected chi connectivity index (χ3v) is 2.64. The standard InChI is InChI=1S/C13H15N3O2/c1-3-18-13(10-7-5-4-6-8-10)12(17)11-9-14-15-16(11)2/h4-9,13H,3H2,1-2H3. The van der Waals surface area contributed by atoms with Crippen molar-refractivity contribution in [2.75, 3.05) is 6.61 Å². The number of aromatic nitrogens is 3. The molecule has 5 nitrogen and oxygen atoms in total. The Morgan fingerprint density at radius 3 is 2.67 bits per heavy atom. The fraction of sp³-hybridized carbons (Fsp3) is 0.308. The van der Waals surface area contributed by atoms with E-state index in [1.54, 1.807) is 7.05 Å². The number of Topliss-reactive ketones (excluding diaryl/α,β-unsaturated/α-hetero) is 1. The monoisotopic (exact) mass is 245 g/mol. The maximum Gasteiger partial charge on any atom is 0.215 e. The highest BCUT2D eigenvalue weighted by Crippen LogP contribution is 2.21. The SMILES string of the molecule is CCOC(C(=O)c1cnnn1C)c1ccccc1. The van der Waals surface area contributed by atoms with Crippen LogP contribution in [0.4, 0.5) is 0 Å². The number of aryl methyl sites for hydroxylation is 1. The topological polar surface area (TPSA) is 57.0 Å². The lowest BCUT2D eigenvalue weighted by Crippen LogP contribution is -2.19. The minimum absolute atomic E-state index is 0.129. The maximum absolute atomic E-state index is 12.4. The molecule has 0 radical (unpaired) electrons. The van der Waals surface area contributed by atoms with E-state index >= 15 is 0 Å². The quantitative estimate of drug-likeness (QED) is 0.753. The summed E-state index contributed by atoms with van der Waals surface area (Å²) in [5, 5.41) is 7.48. The first-order valence-electron chi connectivity index (χ1n) is 5.79. The summed E-state index contributed by atoms with van der Waals surface area (Å²) in [6.07, 6.45) is 0.852. The van der Waals surface area contributed by atoms with Gasteiger partial charge in [0.25, 0.3) is 0 Å². The van der Waals surface area contributed by atoms with Gasteiger partial charge in [-0.05, 0) is 12.5 Å². The molecule has 1 atom stereocenters. The molecule has 0 saturated carbocycles. The zero-order valence-corrected chi connectivity index (χ0v) is 10.4. The van der Waals surface area contributed by atoms with Crippen molar-refractivity contribution in [1.82, 2.24) is 15.0 Å². The van der Waals surface area contributed by atoms with Crippen molar-refractivity contribution in [3.8, 4) is 0 Å². The molecule has 0 N–H and O–H groups in total. The molecule has 0 amide bonds. The summed E-state index contributed by atoms with van der Waals surface area (Å²) < 4.78 is 7.01. The molecule has 0 spiro atoms. The number of nitrogens with zero attached hydrogens (tertiary/aromatic N) is 3. The van der Waals surface area contributed by atoms with Crippen molar-refractivity contribution in [2.24, 2.45) is 7.05 Å². The lowest BCUT2D eigenvalue weighted by Gasteiger charge is -2.15. The smallest absolute Gasteiger partial charge is 0.215 e. The number of ether oxygens (including phenoxy) is 1. The van der Waals surface area contributed by atoms with Crippen LogP contribution in [-0.2, 0) is 11.8 Å². The van der Waals surface area contributed by atoms with Crippen molar-refractivity contribution in [2.45, 2.75) is 13.0 Å². The zero-order valence-electron chi connectivity index (χ0n) is 10.4. The highest BCUT2D eigenvalue weighted by atomic mass is 16.5. The molecular formula is C13H15N3O2. The fourth-order valence-electron chi connectivity index (χ4n) is 1.76. The highest BCUT2D eigenvalue weighted by Gasteiger charge is 2.24. The average molecular weight is 245 g/mol. The van der Waals surface area contributed by atoms with Gasteiger partial charge in [-0.1, -0.05) is 35.5 Å². The Hall–Kier alpha value is -2.01. The number of carbonyl (C=O) groups excluding carboxylic acids is 1. The Morgan fingerprint density at radius 2 is 2.11 bits per heavy atom. The highest BCUT2D eigenvalue weighted by molar-refractivity contribution is 5.98. The lowest BCUT2D eigenvalue weighted by atomic mass is 10.0. The molecule has 0 fully saturated rings. The van der Waals surface area contributed by atoms with Gasteiger partial charge in [0.1, 0.15) is 11.8 Å². The molecule has 2 aromatic rings. The lowest BCUT2D eigenvalue weighted by molar-refractivity contribution is 0.0444. The maximum atomic E-state index is 12.4. The van der Waals surface area contributed by atoms with Crippen LogP contribution in [0.2, 0.25) is 0 Å². The van der Waals surface area contributed by atoms with Gasteiger partial charge in [-0.15, -0.1) is 5.10 Å². The van der Waals surface area contributed by atoms with E-state index in [0.717, 1.165) is 5.56 Å². The molecule has 2 rings (SSSR count). The normalized spacial score (nSPS) is 12.3. The number of hydrogen-bond donors (Lipinski definition) is 0. The van der Waals surface area contributed by atoms with Gasteiger partial charge in [0, 0.05) is 13.7 Å². The number of hydrogen-bond acceptors (Lipinski definition) is 4. The van der Waals surface area contributed by atoms with Crippen molar-refractivity contribution >= 4 is 5.78 Å². The van der Waals surface area contributed by atoms with E-state index in [0.29, 0.717) is 12.3 Å². The van der Waals surface area contributed by atoms with E-state index in [9.17, 15) is 4.79 Å². The summed E-state index contributed by atoms with van der Waals surface area (Å²) >= 11 is 0. The minimum atomic E-state index is -0.603. The summed E-state index contributed by atoms with van der Waals surface area (Å²) in [7, 11) is 1.69. The Bertz CT molecular complexity index is 522. The van der Waals surface area contributed by atoms with Gasteiger partial charge in [-0.2, -0.15) is 0 Å². The van der Waals surface area contributed by atoms with E-state index in [-0.39, 0.29) is 5.78 Å². The second-order valence-electron chi connectivity index (χ2n) is 3.85. The van der Waals surface area contributed by atoms with Crippen LogP contribution in [0.15, 0.2) is 36.5 Å². The fourth-order valence-corrected chi connectivity index (χ4v) is 1.76. The predicted octanol–water partition coefficient (Wildman–Crippen LogP) is 1.78. The van der Waals surface area contributed by atoms with Crippen LogP contribution in [0.3, 0.4) is 0 Å². The summed E-state index contributed by atoms with van der Waals surface area (Å²) in [5.74, 6) is -0.129. The van der Waals surface area contributed by atoms with E-state index in [2.05, 4.69) is 10.3 Å². The number of carbonyl (C=O) groups is 1. The molecule has 5 heteroatoms. The molecule has 18 heavy (non-hydrogen) atoms. The van der Waals surface area contributed by atoms with Crippen LogP contribution < -0.4 is 0 Å². The first-order chi connectivity index (χ1) is 8.74. The van der Waals surface area contributed by atoms with Gasteiger partial charge in [0.2, 0.25) is 5.78 Å². The molecular weight excluding hydrogens is 230 g/mol. The Balaban J connectivity index is 2.32. The summed E-state index contributed by atoms with van der Waals surface area (Å²) in [4.78, 5) is 12.4. The van der Waals surface area contributed by atoms with Gasteiger partial charge in [-0.25, -0.2) is 4.68 Å². The van der Waals surface area contributed by atoms with Crippen LogP contribution in [0, 0.1) is 0 Å². The summed E-state index contributed by atoms with van der Waals surface area (Å²) in [5.41, 5.74) is 1.28. The Labute approximate surface area is 105 Å². The first-order valence-corrected chi connectivity index (χ1v) is 5.79. The molecule has 0 aliphatic rings. The third kappa shape index (κ3) is 2.46. The second-order valence-corrected chi connectivity index (χ2v) is 3.85. The van der Waals surface area contributed by atoms with Gasteiger partial charge >= 0.3 is 0 Å². The van der Waals surface area contributed by atoms with Crippen molar-refractivity contribution in [3.63, 3.8) is 0 Å². The zero-order chi connectivity index (χ0) is 13.0. The Morgan fingerprint density at radius 1 is 1.39 bits per heavy atom. The number of ketones is 1. The van der Waals surface area contributed by atoms with Gasteiger partial charge < -0.3 is 4.74 Å². The molecule has 0 bridgehead atoms. The number of rotatable bonds is 5. The molecule has 0 saturated heterocycles. The van der Waals surface area contributed by atoms with Gasteiger partial charge in [0.05, 0.1) is 6.20 Å². The van der Waals surface area contributed by atoms with Crippen LogP contribution >= 0.6 is 0 Å². The Kier molecular flexibility index (Phi) is 3.84. The molecule has 1 aromatic carbocycles. The largest absolute Gasteiger partial charge is 0.366 e. The van der Waals surface area contributed by atoms with Crippen LogP contribution in [0.25, 0.3) is 0 Å². The van der Waals surface area contributed by atoms with Crippen molar-refractivity contribution in [1.29, 1.82) is 0 Å². The third-order valence-electron chi connectivity index (χ3n) is 2.64. The average Bonchev–Trinajstić information content (AvgIpc) is 2.82. The molecule has 0 aliphatic carbocycles. The minimum Gasteiger partial charge on any atom is -0.366 e. The van der Waals surface area contributed by atoms with Crippen molar-refractivity contribution < 1.29 is 9.53 Å². The van der Waals surface area contributed by atoms with Crippen LogP contribution in [-0.4, -0.2) is 27.4 Å². The molecule has 0 aliphatic heterocycles. The van der Waals surface area contributed by atoms with Crippen LogP contribution in [0.1, 0.15) is 29.1 Å². The second kappa shape index (κ2) is 5.55. The van der Waals surface area contributed by atoms with Gasteiger partial charge in [-0.3, -0.25) is 4.79 Å². The van der Waals surface area contributed by atoms with E-state index in [4.69, 9.17) is 4.74 Å². The summed E-state index contributed by atoms with van der Waals surface area (Å²) in [6.45, 7) is 2.33. The first kappa shape index (κ1) is 12.4. The number of benzene rings is 1. The summed E-state index contributed by atoms with van der Waals surface area (Å²) in [6, 6.07) is 9.43. The molecule has 1 unspecified atom stereocenters. The van der Waals surface area contributed by atoms with E-state index in [1.165, 1.54) is 10.9 Å². The van der Waals surface area contributed by atoms with E-state index < -0.39 is 6.10 Å². The van der Waals surface area contributed by atoms with Crippen LogP contribution in [0.5, 0.6) is 0 Å².